The van der Waals surface area contributed by atoms with Gasteiger partial charge in [-0.05, 0) is 67.4 Å². The van der Waals surface area contributed by atoms with Crippen LogP contribution in [0.25, 0.3) is 0 Å². The first kappa shape index (κ1) is 56.1. The quantitative estimate of drug-likeness (QED) is 0.0776. The zero-order valence-electron chi connectivity index (χ0n) is 40.1. The molecule has 0 radical (unpaired) electrons. The molecule has 8 atom stereocenters. The molecule has 1 aromatic carbocycles. The van der Waals surface area contributed by atoms with E-state index in [1.165, 1.54) is 28.8 Å². The molecule has 11 amide bonds. The van der Waals surface area contributed by atoms with Crippen molar-refractivity contribution < 1.29 is 57.8 Å². The maximum atomic E-state index is 14.7. The lowest BCUT2D eigenvalue weighted by molar-refractivity contribution is -0.178. The second-order valence-corrected chi connectivity index (χ2v) is 20.1. The molecule has 3 fully saturated rings. The van der Waals surface area contributed by atoms with Crippen molar-refractivity contribution in [1.82, 2.24) is 42.1 Å². The third kappa shape index (κ3) is 16.1. The molecule has 0 aromatic heterocycles. The van der Waals surface area contributed by atoms with E-state index in [-0.39, 0.29) is 61.8 Å². The summed E-state index contributed by atoms with van der Waals surface area (Å²) in [4.78, 5) is 149. The lowest BCUT2D eigenvalue weighted by Crippen LogP contribution is -2.75. The third-order valence-electron chi connectivity index (χ3n) is 12.8. The maximum Gasteiger partial charge on any atom is 0.245 e. The fraction of sp³-hybridized carbons (Fsp3) is 0.630. The van der Waals surface area contributed by atoms with Crippen LogP contribution in [0.4, 0.5) is 0 Å². The summed E-state index contributed by atoms with van der Waals surface area (Å²) in [7, 11) is 0. The van der Waals surface area contributed by atoms with Crippen LogP contribution in [0.5, 0.6) is 5.75 Å². The summed E-state index contributed by atoms with van der Waals surface area (Å²) >= 11 is 1.25. The first-order valence-electron chi connectivity index (χ1n) is 23.6. The SMILES string of the molecule is CC[C@H](C)[C@@H]1NC(=O)[C@H](Cc2ccc(O)cc2)NC(=O)CCSCC[C@@H](C(=O)N2CC3(CCC3)[C@H]2C(=O)N[C@@H](CC(C)C)C(=O)NCC(N)=O)NC(=O)[C@H](CC(N)=O)NC(=O)C(CCC(N)=O)NC1=O. The number of phenols is 1. The average molecular weight is 1000 g/mol. The molecule has 1 spiro atoms. The van der Waals surface area contributed by atoms with Gasteiger partial charge < -0.3 is 64.4 Å². The standard InChI is InChI=1S/C46H69N11O12S/c1-5-25(4)37-43(67)52-28(11-12-33(47)59)40(64)54-32(21-34(48)60)41(65)53-29(13-17-70-18-14-36(62)51-31(42(66)56-37)20-26-7-9-27(58)10-8-26)45(69)57-23-46(15-6-16-46)38(57)44(68)55-30(19-24(2)3)39(63)50-22-35(49)61/h7-10,24-25,28-32,37-38,58H,5-6,11-23H2,1-4H3,(H2,47,59)(H2,48,60)(H2,49,61)(H,50,63)(H,51,62)(H,52,67)(H,53,65)(H,54,64)(H,55,68)(H,56,66)/t25-,28?,29-,30-,31-,32-,37-,38+/m0/s1. The second-order valence-electron chi connectivity index (χ2n) is 18.8. The molecule has 1 unspecified atom stereocenters. The summed E-state index contributed by atoms with van der Waals surface area (Å²) in [6, 6.07) is -3.29. The normalized spacial score (nSPS) is 24.4. The number of benzene rings is 1. The Kier molecular flexibility index (Phi) is 20.8. The fourth-order valence-electron chi connectivity index (χ4n) is 8.67. The summed E-state index contributed by atoms with van der Waals surface area (Å²) in [5.41, 5.74) is 16.2. The van der Waals surface area contributed by atoms with Gasteiger partial charge in [-0.15, -0.1) is 0 Å². The molecule has 70 heavy (non-hydrogen) atoms. The molecule has 14 N–H and O–H groups in total. The predicted molar refractivity (Wildman–Crippen MR) is 255 cm³/mol. The van der Waals surface area contributed by atoms with Gasteiger partial charge in [0.15, 0.2) is 0 Å². The highest BCUT2D eigenvalue weighted by atomic mass is 32.2. The van der Waals surface area contributed by atoms with Gasteiger partial charge >= 0.3 is 0 Å². The minimum Gasteiger partial charge on any atom is -0.508 e. The highest BCUT2D eigenvalue weighted by Gasteiger charge is 2.61. The number of hydrogen-bond donors (Lipinski definition) is 11. The molecule has 1 aromatic rings. The van der Waals surface area contributed by atoms with Crippen LogP contribution in [0.3, 0.4) is 0 Å². The van der Waals surface area contributed by atoms with Crippen LogP contribution in [0, 0.1) is 17.3 Å². The molecule has 1 saturated carbocycles. The average Bonchev–Trinajstić information content (AvgIpc) is 3.26. The Morgan fingerprint density at radius 3 is 2.04 bits per heavy atom. The van der Waals surface area contributed by atoms with Gasteiger partial charge in [-0.3, -0.25) is 52.7 Å². The highest BCUT2D eigenvalue weighted by molar-refractivity contribution is 7.99. The molecule has 23 nitrogen and oxygen atoms in total. The zero-order valence-corrected chi connectivity index (χ0v) is 41.0. The van der Waals surface area contributed by atoms with Gasteiger partial charge in [-0.25, -0.2) is 0 Å². The van der Waals surface area contributed by atoms with Gasteiger partial charge in [0.05, 0.1) is 13.0 Å². The predicted octanol–water partition coefficient (Wildman–Crippen LogP) is -2.41. The van der Waals surface area contributed by atoms with E-state index < -0.39 is 138 Å². The van der Waals surface area contributed by atoms with Crippen molar-refractivity contribution in [2.24, 2.45) is 34.5 Å². The largest absolute Gasteiger partial charge is 0.508 e. The lowest BCUT2D eigenvalue weighted by Gasteiger charge is -2.61. The van der Waals surface area contributed by atoms with Gasteiger partial charge in [0.25, 0.3) is 0 Å². The lowest BCUT2D eigenvalue weighted by atomic mass is 9.57. The number of amides is 11. The summed E-state index contributed by atoms with van der Waals surface area (Å²) in [6.07, 6.45) is 0.781. The van der Waals surface area contributed by atoms with E-state index in [9.17, 15) is 57.8 Å². The Morgan fingerprint density at radius 2 is 1.46 bits per heavy atom. The van der Waals surface area contributed by atoms with Gasteiger partial charge in [0, 0.05) is 37.0 Å². The molecule has 2 heterocycles. The van der Waals surface area contributed by atoms with Crippen LogP contribution in [-0.4, -0.2) is 142 Å². The smallest absolute Gasteiger partial charge is 0.245 e. The zero-order chi connectivity index (χ0) is 51.9. The van der Waals surface area contributed by atoms with E-state index in [1.54, 1.807) is 26.0 Å². The molecular formula is C46H69N11O12S. The monoisotopic (exact) mass is 999 g/mol. The van der Waals surface area contributed by atoms with Crippen LogP contribution in [0.1, 0.15) is 97.5 Å². The molecule has 386 valence electrons. The number of primary amides is 3. The second kappa shape index (κ2) is 25.9. The van der Waals surface area contributed by atoms with Crippen LogP contribution in [0.2, 0.25) is 0 Å². The number of aromatic hydroxyl groups is 1. The maximum absolute atomic E-state index is 14.7. The van der Waals surface area contributed by atoms with Gasteiger partial charge in [0.2, 0.25) is 65.0 Å². The van der Waals surface area contributed by atoms with Crippen LogP contribution in [-0.2, 0) is 59.2 Å². The summed E-state index contributed by atoms with van der Waals surface area (Å²) in [6.45, 7) is 6.81. The van der Waals surface area contributed by atoms with Crippen molar-refractivity contribution >= 4 is 76.7 Å². The van der Waals surface area contributed by atoms with Crippen molar-refractivity contribution in [3.8, 4) is 5.75 Å². The molecule has 2 aliphatic heterocycles. The van der Waals surface area contributed by atoms with Crippen LogP contribution < -0.4 is 54.4 Å². The molecule has 2 saturated heterocycles. The number of thioether (sulfide) groups is 1. The summed E-state index contributed by atoms with van der Waals surface area (Å²) < 4.78 is 0. The molecule has 4 rings (SSSR count). The Balaban J connectivity index is 1.69. The van der Waals surface area contributed by atoms with Crippen molar-refractivity contribution in [2.75, 3.05) is 24.6 Å². The Morgan fingerprint density at radius 1 is 0.814 bits per heavy atom. The Hall–Kier alpha value is -6.46. The van der Waals surface area contributed by atoms with E-state index in [4.69, 9.17) is 17.2 Å². The number of carbonyl (C=O) groups excluding carboxylic acids is 11. The number of carbonyl (C=O) groups is 11. The van der Waals surface area contributed by atoms with Gasteiger partial charge in [-0.1, -0.05) is 52.7 Å². The van der Waals surface area contributed by atoms with Crippen molar-refractivity contribution in [1.29, 1.82) is 0 Å². The molecular weight excluding hydrogens is 931 g/mol. The Labute approximate surface area is 410 Å². The number of rotatable bonds is 17. The third-order valence-corrected chi connectivity index (χ3v) is 13.9. The highest BCUT2D eigenvalue weighted by Crippen LogP contribution is 2.53. The van der Waals surface area contributed by atoms with E-state index >= 15 is 0 Å². The molecule has 3 aliphatic rings. The van der Waals surface area contributed by atoms with Crippen LogP contribution in [0.15, 0.2) is 24.3 Å². The summed E-state index contributed by atoms with van der Waals surface area (Å²) in [5, 5.41) is 28.1. The van der Waals surface area contributed by atoms with E-state index in [2.05, 4.69) is 37.2 Å². The number of nitrogens with two attached hydrogens (primary N) is 3. The Bertz CT molecular complexity index is 2120. The minimum atomic E-state index is -1.72. The number of hydrogen-bond acceptors (Lipinski definition) is 13. The first-order chi connectivity index (χ1) is 33.0. The van der Waals surface area contributed by atoms with E-state index in [1.807, 2.05) is 13.8 Å². The topological polar surface area (TPSA) is 374 Å². The first-order valence-corrected chi connectivity index (χ1v) is 24.8. The van der Waals surface area contributed by atoms with E-state index in [0.717, 1.165) is 6.42 Å². The van der Waals surface area contributed by atoms with Crippen molar-refractivity contribution in [3.63, 3.8) is 0 Å². The van der Waals surface area contributed by atoms with Crippen molar-refractivity contribution in [3.05, 3.63) is 29.8 Å². The number of phenolic OH excluding ortho intramolecular Hbond substituents is 1. The molecule has 0 bridgehead atoms. The van der Waals surface area contributed by atoms with Crippen LogP contribution >= 0.6 is 11.8 Å². The number of nitrogens with zero attached hydrogens (tertiary/aromatic N) is 1. The number of likely N-dealkylation sites (tertiary alicyclic amines) is 1. The van der Waals surface area contributed by atoms with Crippen molar-refractivity contribution in [2.45, 2.75) is 141 Å². The fourth-order valence-corrected chi connectivity index (χ4v) is 9.61. The van der Waals surface area contributed by atoms with Gasteiger partial charge in [0.1, 0.15) is 48.0 Å². The van der Waals surface area contributed by atoms with E-state index in [0.29, 0.717) is 24.8 Å². The molecule has 24 heteroatoms. The summed E-state index contributed by atoms with van der Waals surface area (Å²) in [5.74, 6) is -9.01. The molecule has 1 aliphatic carbocycles. The minimum absolute atomic E-state index is 0.0216. The number of nitrogens with one attached hydrogen (secondary N) is 7. The van der Waals surface area contributed by atoms with Gasteiger partial charge in [-0.2, -0.15) is 11.8 Å².